The van der Waals surface area contributed by atoms with Crippen molar-refractivity contribution in [2.75, 3.05) is 24.2 Å². The molecule has 1 aromatic carbocycles. The van der Waals surface area contributed by atoms with Gasteiger partial charge >= 0.3 is 0 Å². The molecule has 5 nitrogen and oxygen atoms in total. The molecule has 0 unspecified atom stereocenters. The van der Waals surface area contributed by atoms with Crippen molar-refractivity contribution in [1.82, 2.24) is 4.98 Å². The highest BCUT2D eigenvalue weighted by Gasteiger charge is 2.28. The van der Waals surface area contributed by atoms with Crippen LogP contribution in [0.3, 0.4) is 0 Å². The van der Waals surface area contributed by atoms with Crippen molar-refractivity contribution < 1.29 is 17.6 Å². The molecule has 1 aliphatic rings. The SMILES string of the molecule is CS(=O)(=O)c1cccnc1N1CCC(C(=O)c2ccc(F)cc2)CC1. The second kappa shape index (κ2) is 6.92. The summed E-state index contributed by atoms with van der Waals surface area (Å²) in [5.41, 5.74) is 0.509. The largest absolute Gasteiger partial charge is 0.355 e. The third-order valence-electron chi connectivity index (χ3n) is 4.44. The quantitative estimate of drug-likeness (QED) is 0.783. The number of aromatic nitrogens is 1. The summed E-state index contributed by atoms with van der Waals surface area (Å²) in [5.74, 6) is -0.0661. The molecule has 0 atom stereocenters. The number of piperidine rings is 1. The lowest BCUT2D eigenvalue weighted by molar-refractivity contribution is 0.0900. The van der Waals surface area contributed by atoms with E-state index in [2.05, 4.69) is 4.98 Å². The first-order valence-corrected chi connectivity index (χ1v) is 9.95. The van der Waals surface area contributed by atoms with E-state index in [0.29, 0.717) is 37.3 Å². The number of nitrogens with zero attached hydrogens (tertiary/aromatic N) is 2. The number of ketones is 1. The number of anilines is 1. The Labute approximate surface area is 146 Å². The van der Waals surface area contributed by atoms with Gasteiger partial charge in [0.2, 0.25) is 0 Å². The molecule has 0 bridgehead atoms. The summed E-state index contributed by atoms with van der Waals surface area (Å²) in [6.45, 7) is 1.11. The molecular weight excluding hydrogens is 343 g/mol. The molecule has 7 heteroatoms. The van der Waals surface area contributed by atoms with Gasteiger partial charge in [-0.2, -0.15) is 0 Å². The summed E-state index contributed by atoms with van der Waals surface area (Å²) in [5, 5.41) is 0. The van der Waals surface area contributed by atoms with Crippen molar-refractivity contribution in [3.05, 3.63) is 54.0 Å². The van der Waals surface area contributed by atoms with Crippen LogP contribution < -0.4 is 4.90 Å². The molecule has 1 aromatic heterocycles. The smallest absolute Gasteiger partial charge is 0.179 e. The summed E-state index contributed by atoms with van der Waals surface area (Å²) in [7, 11) is -3.37. The highest BCUT2D eigenvalue weighted by molar-refractivity contribution is 7.90. The Morgan fingerprint density at radius 1 is 1.16 bits per heavy atom. The van der Waals surface area contributed by atoms with Crippen LogP contribution in [-0.2, 0) is 9.84 Å². The molecule has 0 amide bonds. The Balaban J connectivity index is 1.72. The van der Waals surface area contributed by atoms with E-state index in [1.807, 2.05) is 4.90 Å². The van der Waals surface area contributed by atoms with Gasteiger partial charge in [0.15, 0.2) is 15.6 Å². The van der Waals surface area contributed by atoms with Gasteiger partial charge in [-0.3, -0.25) is 4.79 Å². The molecule has 0 spiro atoms. The Bertz CT molecular complexity index is 873. The van der Waals surface area contributed by atoms with E-state index < -0.39 is 9.84 Å². The van der Waals surface area contributed by atoms with Gasteiger partial charge in [-0.25, -0.2) is 17.8 Å². The number of hydrogen-bond acceptors (Lipinski definition) is 5. The van der Waals surface area contributed by atoms with Crippen molar-refractivity contribution in [3.8, 4) is 0 Å². The van der Waals surface area contributed by atoms with Crippen molar-refractivity contribution >= 4 is 21.4 Å². The number of carbonyl (C=O) groups is 1. The number of halogens is 1. The Morgan fingerprint density at radius 3 is 2.40 bits per heavy atom. The second-order valence-corrected chi connectivity index (χ2v) is 8.21. The summed E-state index contributed by atoms with van der Waals surface area (Å²) in [6.07, 6.45) is 3.95. The lowest BCUT2D eigenvalue weighted by atomic mass is 9.89. The van der Waals surface area contributed by atoms with E-state index >= 15 is 0 Å². The number of pyridine rings is 1. The molecule has 1 aliphatic heterocycles. The van der Waals surface area contributed by atoms with Gasteiger partial charge in [0.1, 0.15) is 16.5 Å². The number of rotatable bonds is 4. The highest BCUT2D eigenvalue weighted by Crippen LogP contribution is 2.28. The zero-order valence-electron chi connectivity index (χ0n) is 13.9. The van der Waals surface area contributed by atoms with Gasteiger partial charge in [-0.1, -0.05) is 0 Å². The molecule has 2 heterocycles. The predicted molar refractivity (Wildman–Crippen MR) is 93.0 cm³/mol. The van der Waals surface area contributed by atoms with Crippen LogP contribution in [-0.4, -0.2) is 38.5 Å². The third-order valence-corrected chi connectivity index (χ3v) is 5.56. The van der Waals surface area contributed by atoms with Gasteiger partial charge in [0, 0.05) is 37.0 Å². The van der Waals surface area contributed by atoms with E-state index in [4.69, 9.17) is 0 Å². The molecular formula is C18H19FN2O3S. The molecule has 1 fully saturated rings. The number of carbonyl (C=O) groups excluding carboxylic acids is 1. The fraction of sp³-hybridized carbons (Fsp3) is 0.333. The van der Waals surface area contributed by atoms with Crippen molar-refractivity contribution in [3.63, 3.8) is 0 Å². The van der Waals surface area contributed by atoms with Gasteiger partial charge in [-0.15, -0.1) is 0 Å². The Hall–Kier alpha value is -2.28. The lowest BCUT2D eigenvalue weighted by Gasteiger charge is -2.33. The van der Waals surface area contributed by atoms with Crippen LogP contribution in [0.1, 0.15) is 23.2 Å². The standard InChI is InChI=1S/C18H19FN2O3S/c1-25(23,24)16-3-2-10-20-18(16)21-11-8-14(9-12-21)17(22)13-4-6-15(19)7-5-13/h2-7,10,14H,8-9,11-12H2,1H3. The minimum absolute atomic E-state index is 0.00371. The van der Waals surface area contributed by atoms with Crippen LogP contribution in [0.25, 0.3) is 0 Å². The highest BCUT2D eigenvalue weighted by atomic mass is 32.2. The van der Waals surface area contributed by atoms with Crippen molar-refractivity contribution in [2.45, 2.75) is 17.7 Å². The average molecular weight is 362 g/mol. The molecule has 0 radical (unpaired) electrons. The third kappa shape index (κ3) is 3.87. The Morgan fingerprint density at radius 2 is 1.80 bits per heavy atom. The summed E-state index contributed by atoms with van der Waals surface area (Å²) in [4.78, 5) is 18.9. The first-order chi connectivity index (χ1) is 11.9. The molecule has 1 saturated heterocycles. The number of Topliss-reactive ketones (excluding diaryl/α,β-unsaturated/α-hetero) is 1. The number of sulfone groups is 1. The number of hydrogen-bond donors (Lipinski definition) is 0. The van der Waals surface area contributed by atoms with Crippen LogP contribution in [0.4, 0.5) is 10.2 Å². The summed E-state index contributed by atoms with van der Waals surface area (Å²) in [6, 6.07) is 8.73. The normalized spacial score (nSPS) is 16.0. The second-order valence-electron chi connectivity index (χ2n) is 6.23. The monoisotopic (exact) mass is 362 g/mol. The van der Waals surface area contributed by atoms with Crippen molar-refractivity contribution in [2.24, 2.45) is 5.92 Å². The molecule has 0 aliphatic carbocycles. The van der Waals surface area contributed by atoms with Gasteiger partial charge in [-0.05, 0) is 49.2 Å². The number of benzene rings is 1. The minimum atomic E-state index is -3.37. The van der Waals surface area contributed by atoms with E-state index in [1.165, 1.54) is 30.5 Å². The zero-order chi connectivity index (χ0) is 18.0. The van der Waals surface area contributed by atoms with Crippen LogP contribution >= 0.6 is 0 Å². The summed E-state index contributed by atoms with van der Waals surface area (Å²) < 4.78 is 36.9. The fourth-order valence-electron chi connectivity index (χ4n) is 3.11. The molecule has 3 rings (SSSR count). The topological polar surface area (TPSA) is 67.3 Å². The maximum Gasteiger partial charge on any atom is 0.179 e. The van der Waals surface area contributed by atoms with Crippen LogP contribution in [0.15, 0.2) is 47.5 Å². The van der Waals surface area contributed by atoms with Gasteiger partial charge < -0.3 is 4.90 Å². The van der Waals surface area contributed by atoms with E-state index in [-0.39, 0.29) is 22.4 Å². The maximum atomic E-state index is 13.0. The Kier molecular flexibility index (Phi) is 4.85. The minimum Gasteiger partial charge on any atom is -0.355 e. The van der Waals surface area contributed by atoms with E-state index in [1.54, 1.807) is 18.3 Å². The lowest BCUT2D eigenvalue weighted by Crippen LogP contribution is -2.37. The van der Waals surface area contributed by atoms with Crippen LogP contribution in [0, 0.1) is 11.7 Å². The predicted octanol–water partition coefficient (Wildman–Crippen LogP) is 2.72. The first kappa shape index (κ1) is 17.5. The molecule has 0 saturated carbocycles. The maximum absolute atomic E-state index is 13.0. The van der Waals surface area contributed by atoms with Gasteiger partial charge in [0.25, 0.3) is 0 Å². The van der Waals surface area contributed by atoms with E-state index in [9.17, 15) is 17.6 Å². The molecule has 25 heavy (non-hydrogen) atoms. The molecule has 2 aromatic rings. The van der Waals surface area contributed by atoms with Gasteiger partial charge in [0.05, 0.1) is 0 Å². The van der Waals surface area contributed by atoms with Crippen molar-refractivity contribution in [1.29, 1.82) is 0 Å². The molecule has 0 N–H and O–H groups in total. The zero-order valence-corrected chi connectivity index (χ0v) is 14.7. The first-order valence-electron chi connectivity index (χ1n) is 8.06. The fourth-order valence-corrected chi connectivity index (χ4v) is 3.95. The molecule has 132 valence electrons. The van der Waals surface area contributed by atoms with Crippen LogP contribution in [0.2, 0.25) is 0 Å². The van der Waals surface area contributed by atoms with Crippen LogP contribution in [0.5, 0.6) is 0 Å². The van der Waals surface area contributed by atoms with E-state index in [0.717, 1.165) is 0 Å². The summed E-state index contributed by atoms with van der Waals surface area (Å²) >= 11 is 0. The average Bonchev–Trinajstić information content (AvgIpc) is 2.61.